The minimum Gasteiger partial charge on any atom is -0.483 e. The second kappa shape index (κ2) is 7.09. The molecule has 6 nitrogen and oxygen atoms in total. The van der Waals surface area contributed by atoms with Crippen LogP contribution in [0.15, 0.2) is 36.4 Å². The van der Waals surface area contributed by atoms with Crippen molar-refractivity contribution in [2.75, 3.05) is 13.2 Å². The highest BCUT2D eigenvalue weighted by atomic mass is 16.5. The Morgan fingerprint density at radius 3 is 2.55 bits per heavy atom. The van der Waals surface area contributed by atoms with Gasteiger partial charge < -0.3 is 15.2 Å². The predicted molar refractivity (Wildman–Crippen MR) is 79.6 cm³/mol. The van der Waals surface area contributed by atoms with Crippen LogP contribution in [0.1, 0.15) is 16.8 Å². The first-order valence-electron chi connectivity index (χ1n) is 6.64. The van der Waals surface area contributed by atoms with Crippen LogP contribution >= 0.6 is 0 Å². The Kier molecular flexibility index (Phi) is 4.94. The van der Waals surface area contributed by atoms with Crippen molar-refractivity contribution in [3.63, 3.8) is 0 Å². The van der Waals surface area contributed by atoms with Gasteiger partial charge in [0.25, 0.3) is 5.91 Å². The molecule has 2 aromatic rings. The lowest BCUT2D eigenvalue weighted by atomic mass is 10.1. The molecule has 0 aromatic heterocycles. The number of hydrogen-bond donors (Lipinski definition) is 2. The Morgan fingerprint density at radius 2 is 1.91 bits per heavy atom. The monoisotopic (exact) mass is 298 g/mol. The van der Waals surface area contributed by atoms with Crippen molar-refractivity contribution in [1.82, 2.24) is 5.32 Å². The second-order valence-corrected chi connectivity index (χ2v) is 4.55. The maximum atomic E-state index is 11.5. The minimum absolute atomic E-state index is 0.00326. The van der Waals surface area contributed by atoms with E-state index in [1.54, 1.807) is 12.1 Å². The summed E-state index contributed by atoms with van der Waals surface area (Å²) in [6, 6.07) is 12.3. The van der Waals surface area contributed by atoms with Gasteiger partial charge in [0.1, 0.15) is 11.3 Å². The molecule has 0 aliphatic carbocycles. The van der Waals surface area contributed by atoms with Crippen LogP contribution in [0.2, 0.25) is 0 Å². The summed E-state index contributed by atoms with van der Waals surface area (Å²) in [6.07, 6.45) is 0.210. The number of carboxylic acids is 1. The summed E-state index contributed by atoms with van der Waals surface area (Å²) in [5.41, 5.74) is 0.00326. The smallest absolute Gasteiger partial charge is 0.339 e. The summed E-state index contributed by atoms with van der Waals surface area (Å²) in [4.78, 5) is 22.8. The third-order valence-corrected chi connectivity index (χ3v) is 3.00. The van der Waals surface area contributed by atoms with E-state index in [1.807, 2.05) is 24.3 Å². The second-order valence-electron chi connectivity index (χ2n) is 4.55. The van der Waals surface area contributed by atoms with Gasteiger partial charge in [-0.15, -0.1) is 0 Å². The fourth-order valence-electron chi connectivity index (χ4n) is 1.96. The number of nitrogens with one attached hydrogen (secondary N) is 1. The molecule has 0 unspecified atom stereocenters. The molecule has 0 fully saturated rings. The zero-order valence-electron chi connectivity index (χ0n) is 11.7. The van der Waals surface area contributed by atoms with Gasteiger partial charge in [-0.1, -0.05) is 24.3 Å². The molecule has 112 valence electrons. The molecule has 0 bridgehead atoms. The largest absolute Gasteiger partial charge is 0.483 e. The van der Waals surface area contributed by atoms with Gasteiger partial charge in [0.05, 0.1) is 12.5 Å². The van der Waals surface area contributed by atoms with Crippen LogP contribution in [-0.2, 0) is 4.79 Å². The van der Waals surface area contributed by atoms with E-state index in [-0.39, 0.29) is 30.9 Å². The first-order valence-corrected chi connectivity index (χ1v) is 6.64. The topological polar surface area (TPSA) is 99.4 Å². The average molecular weight is 298 g/mol. The van der Waals surface area contributed by atoms with Crippen molar-refractivity contribution in [2.45, 2.75) is 6.42 Å². The number of benzene rings is 2. The van der Waals surface area contributed by atoms with E-state index in [9.17, 15) is 14.7 Å². The molecule has 22 heavy (non-hydrogen) atoms. The van der Waals surface area contributed by atoms with Gasteiger partial charge in [-0.05, 0) is 22.9 Å². The number of amides is 1. The molecule has 0 saturated carbocycles. The highest BCUT2D eigenvalue weighted by molar-refractivity contribution is 5.97. The fourth-order valence-corrected chi connectivity index (χ4v) is 1.96. The summed E-state index contributed by atoms with van der Waals surface area (Å²) < 4.78 is 5.32. The lowest BCUT2D eigenvalue weighted by molar-refractivity contribution is -0.123. The number of nitriles is 1. The first kappa shape index (κ1) is 15.3. The summed E-state index contributed by atoms with van der Waals surface area (Å²) in [7, 11) is 0. The van der Waals surface area contributed by atoms with Crippen molar-refractivity contribution in [1.29, 1.82) is 5.26 Å². The molecule has 2 N–H and O–H groups in total. The number of rotatable bonds is 6. The van der Waals surface area contributed by atoms with Gasteiger partial charge in [0.2, 0.25) is 0 Å². The standard InChI is InChI=1S/C16H14N2O4/c17-6-3-7-18-15(19)10-22-14-9-12-5-2-1-4-11(12)8-13(14)16(20)21/h1-2,4-5,8-9H,3,7,10H2,(H,18,19)(H,20,21). The van der Waals surface area contributed by atoms with Crippen LogP contribution in [0.3, 0.4) is 0 Å². The van der Waals surface area contributed by atoms with Crippen LogP contribution in [0.4, 0.5) is 0 Å². The van der Waals surface area contributed by atoms with Gasteiger partial charge in [0.15, 0.2) is 6.61 Å². The quantitative estimate of drug-likeness (QED) is 0.794. The van der Waals surface area contributed by atoms with E-state index in [2.05, 4.69) is 5.32 Å². The van der Waals surface area contributed by atoms with E-state index >= 15 is 0 Å². The van der Waals surface area contributed by atoms with E-state index in [0.29, 0.717) is 0 Å². The van der Waals surface area contributed by atoms with Gasteiger partial charge >= 0.3 is 5.97 Å². The average Bonchev–Trinajstić information content (AvgIpc) is 2.52. The van der Waals surface area contributed by atoms with E-state index in [0.717, 1.165) is 10.8 Å². The Morgan fingerprint density at radius 1 is 1.23 bits per heavy atom. The molecule has 0 spiro atoms. The van der Waals surface area contributed by atoms with Crippen LogP contribution in [0.5, 0.6) is 5.75 Å². The lowest BCUT2D eigenvalue weighted by Crippen LogP contribution is -2.29. The van der Waals surface area contributed by atoms with Crippen LogP contribution in [0, 0.1) is 11.3 Å². The molecular weight excluding hydrogens is 284 g/mol. The number of aromatic carboxylic acids is 1. The highest BCUT2D eigenvalue weighted by Gasteiger charge is 2.14. The van der Waals surface area contributed by atoms with Crippen LogP contribution in [0.25, 0.3) is 10.8 Å². The molecule has 0 heterocycles. The molecular formula is C16H14N2O4. The van der Waals surface area contributed by atoms with Crippen molar-refractivity contribution in [2.24, 2.45) is 0 Å². The number of nitrogens with zero attached hydrogens (tertiary/aromatic N) is 1. The first-order chi connectivity index (χ1) is 10.6. The summed E-state index contributed by atoms with van der Waals surface area (Å²) >= 11 is 0. The Hall–Kier alpha value is -3.07. The fraction of sp³-hybridized carbons (Fsp3) is 0.188. The maximum Gasteiger partial charge on any atom is 0.339 e. The van der Waals surface area contributed by atoms with Gasteiger partial charge in [-0.2, -0.15) is 5.26 Å². The summed E-state index contributed by atoms with van der Waals surface area (Å²) in [5, 5.41) is 21.7. The third kappa shape index (κ3) is 3.73. The lowest BCUT2D eigenvalue weighted by Gasteiger charge is -2.10. The minimum atomic E-state index is -1.12. The maximum absolute atomic E-state index is 11.5. The Balaban J connectivity index is 2.15. The predicted octanol–water partition coefficient (Wildman–Crippen LogP) is 1.95. The highest BCUT2D eigenvalue weighted by Crippen LogP contribution is 2.26. The Labute approximate surface area is 126 Å². The number of carbonyl (C=O) groups excluding carboxylic acids is 1. The zero-order chi connectivity index (χ0) is 15.9. The van der Waals surface area contributed by atoms with Gasteiger partial charge in [0, 0.05) is 6.54 Å². The third-order valence-electron chi connectivity index (χ3n) is 3.00. The number of fused-ring (bicyclic) bond motifs is 1. The van der Waals surface area contributed by atoms with Crippen LogP contribution < -0.4 is 10.1 Å². The molecule has 1 amide bonds. The molecule has 2 rings (SSSR count). The number of ether oxygens (including phenoxy) is 1. The Bertz CT molecular complexity index is 749. The van der Waals surface area contributed by atoms with Crippen molar-refractivity contribution in [3.8, 4) is 11.8 Å². The van der Waals surface area contributed by atoms with Gasteiger partial charge in [-0.25, -0.2) is 4.79 Å². The number of hydrogen-bond acceptors (Lipinski definition) is 4. The number of carboxylic acid groups (broad SMARTS) is 1. The van der Waals surface area contributed by atoms with Crippen LogP contribution in [-0.4, -0.2) is 30.1 Å². The molecule has 2 aromatic carbocycles. The van der Waals surface area contributed by atoms with Crippen molar-refractivity contribution in [3.05, 3.63) is 42.0 Å². The van der Waals surface area contributed by atoms with E-state index in [1.165, 1.54) is 6.07 Å². The van der Waals surface area contributed by atoms with Crippen molar-refractivity contribution < 1.29 is 19.4 Å². The van der Waals surface area contributed by atoms with Crippen molar-refractivity contribution >= 4 is 22.6 Å². The van der Waals surface area contributed by atoms with E-state index in [4.69, 9.17) is 10.00 Å². The molecule has 0 aliphatic heterocycles. The molecule has 6 heteroatoms. The zero-order valence-corrected chi connectivity index (χ0v) is 11.7. The number of carbonyl (C=O) groups is 2. The molecule has 0 radical (unpaired) electrons. The normalized spacial score (nSPS) is 9.95. The van der Waals surface area contributed by atoms with E-state index < -0.39 is 11.9 Å². The molecule has 0 saturated heterocycles. The molecule has 0 atom stereocenters. The van der Waals surface area contributed by atoms with Gasteiger partial charge in [-0.3, -0.25) is 4.79 Å². The SMILES string of the molecule is N#CCCNC(=O)COc1cc2ccccc2cc1C(=O)O. The summed E-state index contributed by atoms with van der Waals surface area (Å²) in [5.74, 6) is -1.38. The molecule has 0 aliphatic rings. The summed E-state index contributed by atoms with van der Waals surface area (Å²) in [6.45, 7) is -0.0632.